The van der Waals surface area contributed by atoms with Gasteiger partial charge in [0.05, 0.1) is 0 Å². The number of carbonyl (C=O) groups is 3. The van der Waals surface area contributed by atoms with Gasteiger partial charge in [0.1, 0.15) is 6.54 Å². The highest BCUT2D eigenvalue weighted by molar-refractivity contribution is 5.99. The summed E-state index contributed by atoms with van der Waals surface area (Å²) in [7, 11) is 1.87. The molecule has 0 radical (unpaired) electrons. The fraction of sp³-hybridized carbons (Fsp3) is 0.278. The lowest BCUT2D eigenvalue weighted by Gasteiger charge is -2.06. The normalized spacial score (nSPS) is 10.3. The van der Waals surface area contributed by atoms with Crippen LogP contribution < -0.4 is 5.32 Å². The van der Waals surface area contributed by atoms with Crippen molar-refractivity contribution in [2.75, 3.05) is 13.2 Å². The highest BCUT2D eigenvalue weighted by atomic mass is 16.5. The lowest BCUT2D eigenvalue weighted by atomic mass is 10.1. The third-order valence-corrected chi connectivity index (χ3v) is 3.87. The molecule has 0 fully saturated rings. The fourth-order valence-corrected chi connectivity index (χ4v) is 2.26. The summed E-state index contributed by atoms with van der Waals surface area (Å²) in [4.78, 5) is 35.6. The Morgan fingerprint density at radius 1 is 1.12 bits per heavy atom. The third kappa shape index (κ3) is 4.10. The average molecular weight is 328 g/mol. The zero-order valence-corrected chi connectivity index (χ0v) is 14.0. The van der Waals surface area contributed by atoms with Crippen LogP contribution in [0.4, 0.5) is 0 Å². The SMILES string of the molecule is Cc1cc(C(=O)COC(=O)CNC(=O)c2ccccc2)c(C)n1C. The van der Waals surface area contributed by atoms with Gasteiger partial charge in [-0.05, 0) is 32.0 Å². The van der Waals surface area contributed by atoms with Crippen molar-refractivity contribution >= 4 is 17.7 Å². The number of amides is 1. The van der Waals surface area contributed by atoms with Crippen molar-refractivity contribution in [3.63, 3.8) is 0 Å². The molecule has 0 aliphatic rings. The molecule has 0 saturated heterocycles. The van der Waals surface area contributed by atoms with Crippen molar-refractivity contribution in [2.45, 2.75) is 13.8 Å². The molecule has 0 saturated carbocycles. The van der Waals surface area contributed by atoms with Crippen LogP contribution in [0.3, 0.4) is 0 Å². The summed E-state index contributed by atoms with van der Waals surface area (Å²) in [5.74, 6) is -1.29. The van der Waals surface area contributed by atoms with Crippen molar-refractivity contribution in [3.05, 3.63) is 58.9 Å². The van der Waals surface area contributed by atoms with E-state index < -0.39 is 5.97 Å². The Balaban J connectivity index is 1.82. The number of nitrogens with one attached hydrogen (secondary N) is 1. The molecule has 24 heavy (non-hydrogen) atoms. The van der Waals surface area contributed by atoms with Crippen LogP contribution in [0.25, 0.3) is 0 Å². The molecule has 6 heteroatoms. The van der Waals surface area contributed by atoms with E-state index in [2.05, 4.69) is 5.32 Å². The maximum absolute atomic E-state index is 12.1. The number of ether oxygens (including phenoxy) is 1. The first-order chi connectivity index (χ1) is 11.4. The first-order valence-electron chi connectivity index (χ1n) is 7.55. The molecule has 1 heterocycles. The topological polar surface area (TPSA) is 77.4 Å². The van der Waals surface area contributed by atoms with Gasteiger partial charge in [0.15, 0.2) is 6.61 Å². The van der Waals surface area contributed by atoms with Gasteiger partial charge in [-0.2, -0.15) is 0 Å². The van der Waals surface area contributed by atoms with E-state index in [1.807, 2.05) is 25.5 Å². The number of esters is 1. The standard InChI is InChI=1S/C18H20N2O4/c1-12-9-15(13(2)20(12)3)16(21)11-24-17(22)10-19-18(23)14-7-5-4-6-8-14/h4-9H,10-11H2,1-3H3,(H,19,23). The van der Waals surface area contributed by atoms with Crippen molar-refractivity contribution in [1.82, 2.24) is 9.88 Å². The smallest absolute Gasteiger partial charge is 0.325 e. The van der Waals surface area contributed by atoms with Crippen LogP contribution in [0.1, 0.15) is 32.1 Å². The number of hydrogen-bond donors (Lipinski definition) is 1. The molecule has 0 aliphatic carbocycles. The molecule has 0 spiro atoms. The number of carbonyl (C=O) groups excluding carboxylic acids is 3. The summed E-state index contributed by atoms with van der Waals surface area (Å²) in [5, 5.41) is 2.46. The number of Topliss-reactive ketones (excluding diaryl/α,β-unsaturated/α-hetero) is 1. The molecular formula is C18H20N2O4. The van der Waals surface area contributed by atoms with E-state index in [-0.39, 0.29) is 24.8 Å². The molecule has 0 atom stereocenters. The molecule has 1 aromatic carbocycles. The summed E-state index contributed by atoms with van der Waals surface area (Å²) in [5.41, 5.74) is 2.77. The second kappa shape index (κ2) is 7.59. The van der Waals surface area contributed by atoms with E-state index in [9.17, 15) is 14.4 Å². The quantitative estimate of drug-likeness (QED) is 0.648. The van der Waals surface area contributed by atoms with Crippen LogP contribution in [0, 0.1) is 13.8 Å². The summed E-state index contributed by atoms with van der Waals surface area (Å²) in [6.07, 6.45) is 0. The average Bonchev–Trinajstić information content (AvgIpc) is 2.85. The van der Waals surface area contributed by atoms with Crippen molar-refractivity contribution in [1.29, 1.82) is 0 Å². The summed E-state index contributed by atoms with van der Waals surface area (Å²) < 4.78 is 6.83. The maximum Gasteiger partial charge on any atom is 0.325 e. The summed E-state index contributed by atoms with van der Waals surface area (Å²) >= 11 is 0. The zero-order chi connectivity index (χ0) is 17.7. The zero-order valence-electron chi connectivity index (χ0n) is 14.0. The van der Waals surface area contributed by atoms with Crippen molar-refractivity contribution < 1.29 is 19.1 Å². The Bertz CT molecular complexity index is 763. The van der Waals surface area contributed by atoms with Gasteiger partial charge < -0.3 is 14.6 Å². The molecule has 1 amide bonds. The lowest BCUT2D eigenvalue weighted by molar-refractivity contribution is -0.141. The molecule has 1 aromatic heterocycles. The van der Waals surface area contributed by atoms with Gasteiger partial charge in [-0.15, -0.1) is 0 Å². The Hall–Kier alpha value is -2.89. The third-order valence-electron chi connectivity index (χ3n) is 3.87. The van der Waals surface area contributed by atoms with E-state index in [4.69, 9.17) is 4.74 Å². The minimum absolute atomic E-state index is 0.265. The Kier molecular flexibility index (Phi) is 5.52. The minimum atomic E-state index is -0.655. The predicted octanol–water partition coefficient (Wildman–Crippen LogP) is 1.80. The fourth-order valence-electron chi connectivity index (χ4n) is 2.26. The maximum atomic E-state index is 12.1. The van der Waals surface area contributed by atoms with Gasteiger partial charge in [-0.1, -0.05) is 18.2 Å². The van der Waals surface area contributed by atoms with Crippen molar-refractivity contribution in [3.8, 4) is 0 Å². The van der Waals surface area contributed by atoms with E-state index in [0.717, 1.165) is 11.4 Å². The van der Waals surface area contributed by atoms with Gasteiger partial charge in [0, 0.05) is 29.6 Å². The second-order valence-corrected chi connectivity index (χ2v) is 5.48. The number of aryl methyl sites for hydroxylation is 1. The van der Waals surface area contributed by atoms with Gasteiger partial charge in [0.25, 0.3) is 5.91 Å². The van der Waals surface area contributed by atoms with Gasteiger partial charge in [0.2, 0.25) is 5.78 Å². The minimum Gasteiger partial charge on any atom is -0.456 e. The van der Waals surface area contributed by atoms with Crippen LogP contribution >= 0.6 is 0 Å². The molecule has 1 N–H and O–H groups in total. The van der Waals surface area contributed by atoms with Crippen LogP contribution in [0.5, 0.6) is 0 Å². The van der Waals surface area contributed by atoms with Crippen LogP contribution in [0.2, 0.25) is 0 Å². The lowest BCUT2D eigenvalue weighted by Crippen LogP contribution is -2.31. The highest BCUT2D eigenvalue weighted by Gasteiger charge is 2.16. The molecule has 0 aliphatic heterocycles. The van der Waals surface area contributed by atoms with E-state index in [1.165, 1.54) is 0 Å². The van der Waals surface area contributed by atoms with Gasteiger partial charge in [-0.3, -0.25) is 14.4 Å². The monoisotopic (exact) mass is 328 g/mol. The van der Waals surface area contributed by atoms with E-state index >= 15 is 0 Å². The number of ketones is 1. The number of aromatic nitrogens is 1. The molecule has 2 aromatic rings. The summed E-state index contributed by atoms with van der Waals surface area (Å²) in [6, 6.07) is 10.3. The first-order valence-corrected chi connectivity index (χ1v) is 7.55. The largest absolute Gasteiger partial charge is 0.456 e. The number of hydrogen-bond acceptors (Lipinski definition) is 4. The molecule has 2 rings (SSSR count). The molecule has 126 valence electrons. The number of nitrogens with zero attached hydrogens (tertiary/aromatic N) is 1. The second-order valence-electron chi connectivity index (χ2n) is 5.48. The van der Waals surface area contributed by atoms with Crippen molar-refractivity contribution in [2.24, 2.45) is 7.05 Å². The van der Waals surface area contributed by atoms with Gasteiger partial charge >= 0.3 is 5.97 Å². The Labute approximate surface area is 140 Å². The van der Waals surface area contributed by atoms with Gasteiger partial charge in [-0.25, -0.2) is 0 Å². The van der Waals surface area contributed by atoms with E-state index in [0.29, 0.717) is 11.1 Å². The molecule has 0 unspecified atom stereocenters. The number of rotatable bonds is 6. The van der Waals surface area contributed by atoms with Crippen LogP contribution in [-0.4, -0.2) is 35.4 Å². The Morgan fingerprint density at radius 3 is 2.38 bits per heavy atom. The first kappa shape index (κ1) is 17.5. The van der Waals surface area contributed by atoms with Crippen LogP contribution in [0.15, 0.2) is 36.4 Å². The van der Waals surface area contributed by atoms with Crippen LogP contribution in [-0.2, 0) is 16.6 Å². The summed E-state index contributed by atoms with van der Waals surface area (Å²) in [6.45, 7) is 3.11. The predicted molar refractivity (Wildman–Crippen MR) is 89.0 cm³/mol. The molecule has 0 bridgehead atoms. The Morgan fingerprint density at radius 2 is 1.79 bits per heavy atom. The van der Waals surface area contributed by atoms with E-state index in [1.54, 1.807) is 36.4 Å². The highest BCUT2D eigenvalue weighted by Crippen LogP contribution is 2.13. The molecule has 6 nitrogen and oxygen atoms in total. The molecular weight excluding hydrogens is 308 g/mol. The number of benzene rings is 1.